The molecule has 0 heterocycles. The molecular weight excluding hydrogens is 246 g/mol. The van der Waals surface area contributed by atoms with E-state index in [-0.39, 0.29) is 22.8 Å². The average Bonchev–Trinajstić information content (AvgIpc) is 2.79. The summed E-state index contributed by atoms with van der Waals surface area (Å²) in [6.07, 6.45) is -4.53. The largest absolute Gasteiger partial charge is 0.416 e. The van der Waals surface area contributed by atoms with Gasteiger partial charge in [-0.2, -0.15) is 13.2 Å². The maximum Gasteiger partial charge on any atom is 0.416 e. The third-order valence-corrected chi connectivity index (χ3v) is 3.96. The highest BCUT2D eigenvalue weighted by Crippen LogP contribution is 2.65. The second-order valence-corrected chi connectivity index (χ2v) is 5.37. The predicted octanol–water partition coefficient (Wildman–Crippen LogP) is 3.54. The number of halogens is 4. The minimum Gasteiger partial charge on any atom is -0.330 e. The molecular formula is C13H15F4N. The standard InChI is InChI=1S/C13H15F4N/c1-12(2)10(6-18)11(12)8-4-3-7(14)5-9(8)13(15,16)17/h3-5,10-11H,6,18H2,1-2H3/t10-,11-/m1/s1. The van der Waals surface area contributed by atoms with Gasteiger partial charge in [0.25, 0.3) is 0 Å². The molecule has 0 spiro atoms. The summed E-state index contributed by atoms with van der Waals surface area (Å²) in [7, 11) is 0. The summed E-state index contributed by atoms with van der Waals surface area (Å²) < 4.78 is 51.7. The van der Waals surface area contributed by atoms with E-state index in [0.29, 0.717) is 12.6 Å². The van der Waals surface area contributed by atoms with Crippen molar-refractivity contribution in [2.45, 2.75) is 25.9 Å². The molecule has 1 aromatic rings. The molecule has 0 amide bonds. The van der Waals surface area contributed by atoms with Gasteiger partial charge in [0.05, 0.1) is 5.56 Å². The molecule has 1 aliphatic rings. The molecule has 0 bridgehead atoms. The van der Waals surface area contributed by atoms with Crippen molar-refractivity contribution in [3.8, 4) is 0 Å². The van der Waals surface area contributed by atoms with Gasteiger partial charge in [0.1, 0.15) is 5.82 Å². The van der Waals surface area contributed by atoms with Crippen LogP contribution in [-0.2, 0) is 6.18 Å². The molecule has 1 fully saturated rings. The van der Waals surface area contributed by atoms with Crippen LogP contribution in [0.2, 0.25) is 0 Å². The summed E-state index contributed by atoms with van der Waals surface area (Å²) in [4.78, 5) is 0. The van der Waals surface area contributed by atoms with Crippen LogP contribution in [0.4, 0.5) is 17.6 Å². The van der Waals surface area contributed by atoms with Crippen molar-refractivity contribution in [2.75, 3.05) is 6.54 Å². The Kier molecular flexibility index (Phi) is 2.93. The molecule has 5 heteroatoms. The maximum absolute atomic E-state index is 13.0. The number of benzene rings is 1. The molecule has 0 saturated heterocycles. The number of alkyl halides is 3. The van der Waals surface area contributed by atoms with Crippen LogP contribution in [0.5, 0.6) is 0 Å². The Morgan fingerprint density at radius 1 is 1.28 bits per heavy atom. The third-order valence-electron chi connectivity index (χ3n) is 3.96. The topological polar surface area (TPSA) is 26.0 Å². The second-order valence-electron chi connectivity index (χ2n) is 5.37. The molecule has 2 rings (SSSR count). The van der Waals surface area contributed by atoms with E-state index in [1.54, 1.807) is 0 Å². The van der Waals surface area contributed by atoms with Gasteiger partial charge in [0, 0.05) is 0 Å². The monoisotopic (exact) mass is 261 g/mol. The lowest BCUT2D eigenvalue weighted by Gasteiger charge is -2.14. The molecule has 1 aliphatic carbocycles. The van der Waals surface area contributed by atoms with Crippen LogP contribution in [0.1, 0.15) is 30.9 Å². The van der Waals surface area contributed by atoms with Gasteiger partial charge in [-0.25, -0.2) is 4.39 Å². The lowest BCUT2D eigenvalue weighted by atomic mass is 9.97. The first-order valence-electron chi connectivity index (χ1n) is 5.76. The Hall–Kier alpha value is -1.10. The Balaban J connectivity index is 2.47. The zero-order chi connectivity index (χ0) is 13.7. The normalized spacial score (nSPS) is 26.2. The van der Waals surface area contributed by atoms with Gasteiger partial charge >= 0.3 is 6.18 Å². The van der Waals surface area contributed by atoms with Gasteiger partial charge in [0.15, 0.2) is 0 Å². The average molecular weight is 261 g/mol. The van der Waals surface area contributed by atoms with Gasteiger partial charge in [-0.15, -0.1) is 0 Å². The summed E-state index contributed by atoms with van der Waals surface area (Å²) in [5.41, 5.74) is 4.59. The highest BCUT2D eigenvalue weighted by molar-refractivity contribution is 5.40. The summed E-state index contributed by atoms with van der Waals surface area (Å²) in [6, 6.07) is 2.88. The first kappa shape index (κ1) is 13.3. The smallest absolute Gasteiger partial charge is 0.330 e. The van der Waals surface area contributed by atoms with E-state index in [9.17, 15) is 17.6 Å². The number of hydrogen-bond donors (Lipinski definition) is 1. The Labute approximate surface area is 103 Å². The van der Waals surface area contributed by atoms with Gasteiger partial charge < -0.3 is 5.73 Å². The van der Waals surface area contributed by atoms with E-state index in [4.69, 9.17) is 5.73 Å². The molecule has 100 valence electrons. The van der Waals surface area contributed by atoms with E-state index in [0.717, 1.165) is 6.07 Å². The first-order chi connectivity index (χ1) is 8.19. The summed E-state index contributed by atoms with van der Waals surface area (Å²) in [5, 5.41) is 0. The van der Waals surface area contributed by atoms with Crippen molar-refractivity contribution >= 4 is 0 Å². The quantitative estimate of drug-likeness (QED) is 0.809. The van der Waals surface area contributed by atoms with Crippen LogP contribution in [0, 0.1) is 17.2 Å². The van der Waals surface area contributed by atoms with Crippen LogP contribution in [0.15, 0.2) is 18.2 Å². The van der Waals surface area contributed by atoms with Crippen LogP contribution < -0.4 is 5.73 Å². The Morgan fingerprint density at radius 3 is 2.33 bits per heavy atom. The summed E-state index contributed by atoms with van der Waals surface area (Å²) in [5.74, 6) is -1.10. The molecule has 1 saturated carbocycles. The number of hydrogen-bond acceptors (Lipinski definition) is 1. The van der Waals surface area contributed by atoms with Gasteiger partial charge in [-0.1, -0.05) is 19.9 Å². The van der Waals surface area contributed by atoms with Gasteiger partial charge in [0.2, 0.25) is 0 Å². The van der Waals surface area contributed by atoms with Crippen molar-refractivity contribution < 1.29 is 17.6 Å². The fourth-order valence-corrected chi connectivity index (χ4v) is 2.85. The lowest BCUT2D eigenvalue weighted by Crippen LogP contribution is -2.10. The van der Waals surface area contributed by atoms with Crippen molar-refractivity contribution in [1.82, 2.24) is 0 Å². The van der Waals surface area contributed by atoms with Crippen molar-refractivity contribution in [2.24, 2.45) is 17.1 Å². The number of nitrogens with two attached hydrogens (primary N) is 1. The number of rotatable bonds is 2. The molecule has 18 heavy (non-hydrogen) atoms. The molecule has 0 unspecified atom stereocenters. The molecule has 0 radical (unpaired) electrons. The molecule has 2 N–H and O–H groups in total. The zero-order valence-electron chi connectivity index (χ0n) is 10.2. The predicted molar refractivity (Wildman–Crippen MR) is 60.5 cm³/mol. The van der Waals surface area contributed by atoms with E-state index in [1.807, 2.05) is 13.8 Å². The fourth-order valence-electron chi connectivity index (χ4n) is 2.85. The molecule has 0 aromatic heterocycles. The molecule has 2 atom stereocenters. The Bertz CT molecular complexity index is 465. The summed E-state index contributed by atoms with van der Waals surface area (Å²) in [6.45, 7) is 4.11. The lowest BCUT2D eigenvalue weighted by molar-refractivity contribution is -0.138. The molecule has 0 aliphatic heterocycles. The van der Waals surface area contributed by atoms with Crippen molar-refractivity contribution in [3.63, 3.8) is 0 Å². The second kappa shape index (κ2) is 3.95. The zero-order valence-corrected chi connectivity index (χ0v) is 10.2. The third kappa shape index (κ3) is 2.00. The SMILES string of the molecule is CC1(C)[C@H](CN)[C@H]1c1ccc(F)cc1C(F)(F)F. The van der Waals surface area contributed by atoms with Crippen LogP contribution in [-0.4, -0.2) is 6.54 Å². The van der Waals surface area contributed by atoms with Gasteiger partial charge in [-0.3, -0.25) is 0 Å². The van der Waals surface area contributed by atoms with Crippen molar-refractivity contribution in [3.05, 3.63) is 35.1 Å². The Morgan fingerprint density at radius 2 is 1.89 bits per heavy atom. The van der Waals surface area contributed by atoms with Crippen LogP contribution >= 0.6 is 0 Å². The summed E-state index contributed by atoms with van der Waals surface area (Å²) >= 11 is 0. The minimum absolute atomic E-state index is 0.0176. The maximum atomic E-state index is 13.0. The highest BCUT2D eigenvalue weighted by Gasteiger charge is 2.59. The fraction of sp³-hybridized carbons (Fsp3) is 0.538. The van der Waals surface area contributed by atoms with Crippen LogP contribution in [0.25, 0.3) is 0 Å². The van der Waals surface area contributed by atoms with E-state index in [1.165, 1.54) is 6.07 Å². The molecule has 1 aromatic carbocycles. The highest BCUT2D eigenvalue weighted by atomic mass is 19.4. The first-order valence-corrected chi connectivity index (χ1v) is 5.76. The van der Waals surface area contributed by atoms with E-state index < -0.39 is 17.6 Å². The van der Waals surface area contributed by atoms with Crippen LogP contribution in [0.3, 0.4) is 0 Å². The minimum atomic E-state index is -4.53. The van der Waals surface area contributed by atoms with Crippen molar-refractivity contribution in [1.29, 1.82) is 0 Å². The van der Waals surface area contributed by atoms with E-state index >= 15 is 0 Å². The van der Waals surface area contributed by atoms with E-state index in [2.05, 4.69) is 0 Å². The van der Waals surface area contributed by atoms with Gasteiger partial charge in [-0.05, 0) is 41.5 Å². The molecule has 1 nitrogen and oxygen atoms in total.